The third-order valence-corrected chi connectivity index (χ3v) is 1.78. The van der Waals surface area contributed by atoms with Crippen LogP contribution in [0, 0.1) is 0 Å². The van der Waals surface area contributed by atoms with Gasteiger partial charge in [-0.25, -0.2) is 4.79 Å². The van der Waals surface area contributed by atoms with Gasteiger partial charge in [-0.15, -0.1) is 0 Å². The van der Waals surface area contributed by atoms with E-state index in [1.807, 2.05) is 12.9 Å². The molecule has 0 saturated heterocycles. The average molecular weight is 246 g/mol. The molecule has 0 saturated carbocycles. The number of hydrogen-bond acceptors (Lipinski definition) is 3. The zero-order valence-electron chi connectivity index (χ0n) is 9.69. The summed E-state index contributed by atoms with van der Waals surface area (Å²) in [5.41, 5.74) is 0.331. The van der Waals surface area contributed by atoms with E-state index >= 15 is 0 Å². The average Bonchev–Trinajstić information content (AvgIpc) is 2.43. The summed E-state index contributed by atoms with van der Waals surface area (Å²) in [5.74, 6) is -0.557. The van der Waals surface area contributed by atoms with Crippen LogP contribution in [0.25, 0.3) is 0 Å². The van der Waals surface area contributed by atoms with E-state index in [-0.39, 0.29) is 0 Å². The summed E-state index contributed by atoms with van der Waals surface area (Å²) in [5, 5.41) is 17.0. The minimum atomic E-state index is -0.879. The van der Waals surface area contributed by atoms with Crippen LogP contribution in [0.4, 0.5) is 0 Å². The zero-order chi connectivity index (χ0) is 13.8. The highest BCUT2D eigenvalue weighted by atomic mass is 16.4. The highest BCUT2D eigenvalue weighted by Gasteiger charge is 1.96. The molecule has 2 aromatic rings. The van der Waals surface area contributed by atoms with Gasteiger partial charge in [-0.3, -0.25) is 0 Å². The van der Waals surface area contributed by atoms with Crippen molar-refractivity contribution in [3.8, 4) is 5.75 Å². The van der Waals surface area contributed by atoms with Gasteiger partial charge in [0.2, 0.25) is 0 Å². The summed E-state index contributed by atoms with van der Waals surface area (Å²) in [6.45, 7) is 2.00. The number of carbonyl (C=O) groups is 2. The Hall–Kier alpha value is -2.62. The first-order valence-corrected chi connectivity index (χ1v) is 5.01. The maximum Gasteiger partial charge on any atom is 0.335 e. The van der Waals surface area contributed by atoms with Crippen LogP contribution in [-0.4, -0.2) is 23.0 Å². The molecule has 0 fully saturated rings. The van der Waals surface area contributed by atoms with Gasteiger partial charge in [0.05, 0.1) is 5.56 Å². The molecule has 0 aliphatic carbocycles. The summed E-state index contributed by atoms with van der Waals surface area (Å²) < 4.78 is 0. The summed E-state index contributed by atoms with van der Waals surface area (Å²) in [4.78, 5) is 18.2. The Morgan fingerprint density at radius 1 is 0.833 bits per heavy atom. The third kappa shape index (κ3) is 6.79. The molecule has 0 bridgehead atoms. The van der Waals surface area contributed by atoms with Crippen molar-refractivity contribution in [1.29, 1.82) is 0 Å². The van der Waals surface area contributed by atoms with Crippen molar-refractivity contribution < 1.29 is 19.8 Å². The van der Waals surface area contributed by atoms with E-state index < -0.39 is 5.97 Å². The highest BCUT2D eigenvalue weighted by molar-refractivity contribution is 5.87. The lowest BCUT2D eigenvalue weighted by Crippen LogP contribution is -1.93. The molecular formula is C14H14O4. The SMILES string of the molecule is C=O.O=C(O)c1ccccc1.Oc1ccccc1. The Morgan fingerprint density at radius 3 is 1.44 bits per heavy atom. The van der Waals surface area contributed by atoms with E-state index in [1.54, 1.807) is 54.6 Å². The smallest absolute Gasteiger partial charge is 0.335 e. The molecule has 4 heteroatoms. The van der Waals surface area contributed by atoms with Gasteiger partial charge in [0.1, 0.15) is 12.5 Å². The van der Waals surface area contributed by atoms with Crippen LogP contribution in [0.3, 0.4) is 0 Å². The number of phenolic OH excluding ortho intramolecular Hbond substituents is 1. The predicted molar refractivity (Wildman–Crippen MR) is 68.6 cm³/mol. The molecule has 94 valence electrons. The van der Waals surface area contributed by atoms with Crippen LogP contribution in [-0.2, 0) is 4.79 Å². The van der Waals surface area contributed by atoms with Crippen molar-refractivity contribution in [2.75, 3.05) is 0 Å². The van der Waals surface area contributed by atoms with E-state index in [2.05, 4.69) is 0 Å². The maximum atomic E-state index is 10.2. The molecule has 0 spiro atoms. The molecule has 18 heavy (non-hydrogen) atoms. The zero-order valence-corrected chi connectivity index (χ0v) is 9.69. The number of carboxylic acids is 1. The Balaban J connectivity index is 0.000000289. The molecule has 2 N–H and O–H groups in total. The van der Waals surface area contributed by atoms with Gasteiger partial charge < -0.3 is 15.0 Å². The molecule has 0 aliphatic rings. The second-order valence-corrected chi connectivity index (χ2v) is 3.01. The Bertz CT molecular complexity index is 440. The van der Waals surface area contributed by atoms with Crippen molar-refractivity contribution in [3.63, 3.8) is 0 Å². The Labute approximate surface area is 105 Å². The number of rotatable bonds is 1. The van der Waals surface area contributed by atoms with Gasteiger partial charge in [0.25, 0.3) is 0 Å². The number of aromatic hydroxyl groups is 1. The van der Waals surface area contributed by atoms with Crippen LogP contribution in [0.1, 0.15) is 10.4 Å². The van der Waals surface area contributed by atoms with Crippen molar-refractivity contribution in [2.45, 2.75) is 0 Å². The van der Waals surface area contributed by atoms with Gasteiger partial charge in [-0.1, -0.05) is 36.4 Å². The van der Waals surface area contributed by atoms with Crippen molar-refractivity contribution in [1.82, 2.24) is 0 Å². The second-order valence-electron chi connectivity index (χ2n) is 3.01. The topological polar surface area (TPSA) is 74.6 Å². The summed E-state index contributed by atoms with van der Waals surface area (Å²) in [7, 11) is 0. The minimum absolute atomic E-state index is 0.322. The lowest BCUT2D eigenvalue weighted by Gasteiger charge is -1.88. The van der Waals surface area contributed by atoms with E-state index in [0.29, 0.717) is 11.3 Å². The number of benzene rings is 2. The number of phenols is 1. The van der Waals surface area contributed by atoms with Crippen molar-refractivity contribution in [2.24, 2.45) is 0 Å². The quantitative estimate of drug-likeness (QED) is 0.811. The molecule has 0 amide bonds. The fraction of sp³-hybridized carbons (Fsp3) is 0. The Morgan fingerprint density at radius 2 is 1.22 bits per heavy atom. The highest BCUT2D eigenvalue weighted by Crippen LogP contribution is 2.02. The molecule has 0 unspecified atom stereocenters. The maximum absolute atomic E-state index is 10.2. The van der Waals surface area contributed by atoms with Crippen LogP contribution in [0.15, 0.2) is 60.7 Å². The molecule has 0 heterocycles. The number of aromatic carboxylic acids is 1. The molecule has 0 aromatic heterocycles. The van der Waals surface area contributed by atoms with Crippen LogP contribution < -0.4 is 0 Å². The van der Waals surface area contributed by atoms with E-state index in [4.69, 9.17) is 15.0 Å². The van der Waals surface area contributed by atoms with Crippen LogP contribution >= 0.6 is 0 Å². The van der Waals surface area contributed by atoms with E-state index in [0.717, 1.165) is 0 Å². The lowest BCUT2D eigenvalue weighted by atomic mass is 10.2. The molecular weight excluding hydrogens is 232 g/mol. The van der Waals surface area contributed by atoms with E-state index in [9.17, 15) is 4.79 Å². The second kappa shape index (κ2) is 9.59. The normalized spacial score (nSPS) is 8.00. The predicted octanol–water partition coefficient (Wildman–Crippen LogP) is 2.59. The fourth-order valence-corrected chi connectivity index (χ4v) is 1.01. The monoisotopic (exact) mass is 246 g/mol. The van der Waals surface area contributed by atoms with Crippen LogP contribution in [0.2, 0.25) is 0 Å². The van der Waals surface area contributed by atoms with Gasteiger partial charge >= 0.3 is 5.97 Å². The van der Waals surface area contributed by atoms with E-state index in [1.165, 1.54) is 0 Å². The first-order chi connectivity index (χ1) is 8.70. The summed E-state index contributed by atoms with van der Waals surface area (Å²) in [6.07, 6.45) is 0. The van der Waals surface area contributed by atoms with Crippen molar-refractivity contribution in [3.05, 3.63) is 66.2 Å². The lowest BCUT2D eigenvalue weighted by molar-refractivity contribution is -0.0980. The molecule has 2 aromatic carbocycles. The summed E-state index contributed by atoms with van der Waals surface area (Å²) >= 11 is 0. The molecule has 0 radical (unpaired) electrons. The molecule has 0 aliphatic heterocycles. The van der Waals surface area contributed by atoms with Gasteiger partial charge in [0, 0.05) is 0 Å². The number of carbonyl (C=O) groups excluding carboxylic acids is 1. The van der Waals surface area contributed by atoms with Crippen molar-refractivity contribution >= 4 is 12.8 Å². The Kier molecular flexibility index (Phi) is 8.20. The molecule has 0 atom stereocenters. The third-order valence-electron chi connectivity index (χ3n) is 1.78. The van der Waals surface area contributed by atoms with Gasteiger partial charge in [-0.05, 0) is 24.3 Å². The summed E-state index contributed by atoms with van der Waals surface area (Å²) in [6, 6.07) is 17.0. The minimum Gasteiger partial charge on any atom is -0.508 e. The number of para-hydroxylation sites is 1. The van der Waals surface area contributed by atoms with Crippen LogP contribution in [0.5, 0.6) is 5.75 Å². The number of carboxylic acid groups (broad SMARTS) is 1. The molecule has 4 nitrogen and oxygen atoms in total. The molecule has 2 rings (SSSR count). The fourth-order valence-electron chi connectivity index (χ4n) is 1.01. The first-order valence-electron chi connectivity index (χ1n) is 5.01. The first kappa shape index (κ1) is 15.4. The van der Waals surface area contributed by atoms with Gasteiger partial charge in [0.15, 0.2) is 0 Å². The number of hydrogen-bond donors (Lipinski definition) is 2. The standard InChI is InChI=1S/C7H6O2.C6H6O.CH2O/c8-7(9)6-4-2-1-3-5-6;7-6-4-2-1-3-5-6;1-2/h1-5H,(H,8,9);1-5,7H;1H2. The largest absolute Gasteiger partial charge is 0.508 e. The van der Waals surface area contributed by atoms with Gasteiger partial charge in [-0.2, -0.15) is 0 Å².